The monoisotopic (exact) mass is 359 g/mol. The first kappa shape index (κ1) is 17.7. The molecule has 0 saturated heterocycles. The first-order valence-electron chi connectivity index (χ1n) is 7.84. The largest absolute Gasteiger partial charge is 0.416 e. The number of hydrogen-bond donors (Lipinski definition) is 2. The third-order valence-electron chi connectivity index (χ3n) is 3.50. The Kier molecular flexibility index (Phi) is 5.01. The van der Waals surface area contributed by atoms with Crippen LogP contribution in [0.2, 0.25) is 0 Å². The number of alkyl halides is 3. The highest BCUT2D eigenvalue weighted by Crippen LogP contribution is 2.30. The van der Waals surface area contributed by atoms with Crippen LogP contribution in [0.4, 0.5) is 30.6 Å². The molecule has 0 spiro atoms. The van der Waals surface area contributed by atoms with Gasteiger partial charge in [-0.2, -0.15) is 18.2 Å². The van der Waals surface area contributed by atoms with Gasteiger partial charge in [-0.25, -0.2) is 4.98 Å². The first-order chi connectivity index (χ1) is 12.4. The van der Waals surface area contributed by atoms with Crippen LogP contribution in [-0.2, 0) is 12.7 Å². The van der Waals surface area contributed by atoms with Crippen LogP contribution in [0.15, 0.2) is 54.7 Å². The Morgan fingerprint density at radius 1 is 1.00 bits per heavy atom. The summed E-state index contributed by atoms with van der Waals surface area (Å²) in [6, 6.07) is 12.1. The Hall–Kier alpha value is -3.16. The van der Waals surface area contributed by atoms with Crippen molar-refractivity contribution in [2.45, 2.75) is 19.6 Å². The third kappa shape index (κ3) is 4.69. The molecule has 2 N–H and O–H groups in total. The van der Waals surface area contributed by atoms with E-state index < -0.39 is 11.7 Å². The van der Waals surface area contributed by atoms with Crippen LogP contribution in [0.1, 0.15) is 17.0 Å². The zero-order valence-electron chi connectivity index (χ0n) is 13.9. The molecule has 0 unspecified atom stereocenters. The molecule has 26 heavy (non-hydrogen) atoms. The minimum Gasteiger partial charge on any atom is -0.364 e. The van der Waals surface area contributed by atoms with E-state index in [4.69, 9.17) is 0 Å². The molecule has 0 aliphatic heterocycles. The summed E-state index contributed by atoms with van der Waals surface area (Å²) in [6.07, 6.45) is -2.65. The first-order valence-corrected chi connectivity index (χ1v) is 7.84. The second kappa shape index (κ2) is 7.38. The van der Waals surface area contributed by atoms with Crippen molar-refractivity contribution in [3.63, 3.8) is 0 Å². The van der Waals surface area contributed by atoms with E-state index in [9.17, 15) is 13.2 Å². The van der Waals surface area contributed by atoms with Gasteiger partial charge in [-0.05, 0) is 43.3 Å². The highest BCUT2D eigenvalue weighted by molar-refractivity contribution is 5.56. The summed E-state index contributed by atoms with van der Waals surface area (Å²) in [7, 11) is 0. The number of halogens is 3. The molecule has 5 nitrogen and oxygen atoms in total. The fourth-order valence-corrected chi connectivity index (χ4v) is 2.27. The molecule has 0 radical (unpaired) electrons. The van der Waals surface area contributed by atoms with E-state index in [1.54, 1.807) is 12.3 Å². The molecule has 8 heteroatoms. The zero-order chi connectivity index (χ0) is 18.6. The van der Waals surface area contributed by atoms with Gasteiger partial charge in [0.15, 0.2) is 0 Å². The van der Waals surface area contributed by atoms with Crippen molar-refractivity contribution >= 4 is 17.5 Å². The number of aromatic nitrogens is 3. The number of nitrogens with one attached hydrogen (secondary N) is 2. The van der Waals surface area contributed by atoms with E-state index in [-0.39, 0.29) is 0 Å². The molecule has 2 heterocycles. The Balaban J connectivity index is 1.71. The van der Waals surface area contributed by atoms with E-state index in [1.807, 2.05) is 25.1 Å². The molecule has 0 aliphatic rings. The fourth-order valence-electron chi connectivity index (χ4n) is 2.27. The van der Waals surface area contributed by atoms with Crippen molar-refractivity contribution in [3.8, 4) is 0 Å². The summed E-state index contributed by atoms with van der Waals surface area (Å²) in [5.74, 6) is 0.894. The normalized spacial score (nSPS) is 11.2. The van der Waals surface area contributed by atoms with Gasteiger partial charge in [0.25, 0.3) is 0 Å². The summed E-state index contributed by atoms with van der Waals surface area (Å²) in [5, 5.41) is 6.07. The summed E-state index contributed by atoms with van der Waals surface area (Å²) in [4.78, 5) is 12.8. The number of rotatable bonds is 5. The lowest BCUT2D eigenvalue weighted by atomic mass is 10.2. The standard InChI is InChI=1S/C18H16F3N5/c1-12-10-16(23-11-15-4-2-3-9-22-15)26-17(24-12)25-14-7-5-13(6-8-14)18(19,20)21/h2-10H,11H2,1H3,(H2,23,24,25,26). The van der Waals surface area contributed by atoms with Crippen LogP contribution < -0.4 is 10.6 Å². The Morgan fingerprint density at radius 3 is 2.42 bits per heavy atom. The molecule has 0 fully saturated rings. The van der Waals surface area contributed by atoms with Gasteiger partial charge in [-0.3, -0.25) is 4.98 Å². The van der Waals surface area contributed by atoms with E-state index >= 15 is 0 Å². The molecule has 2 aromatic heterocycles. The van der Waals surface area contributed by atoms with Crippen LogP contribution in [-0.4, -0.2) is 15.0 Å². The lowest BCUT2D eigenvalue weighted by molar-refractivity contribution is -0.137. The van der Waals surface area contributed by atoms with Gasteiger partial charge in [0.1, 0.15) is 5.82 Å². The lowest BCUT2D eigenvalue weighted by Gasteiger charge is -2.11. The Labute approximate surface area is 148 Å². The smallest absolute Gasteiger partial charge is 0.364 e. The van der Waals surface area contributed by atoms with Crippen molar-refractivity contribution < 1.29 is 13.2 Å². The van der Waals surface area contributed by atoms with Crippen LogP contribution >= 0.6 is 0 Å². The molecule has 1 aromatic carbocycles. The molecule has 0 saturated carbocycles. The van der Waals surface area contributed by atoms with E-state index in [0.29, 0.717) is 24.0 Å². The van der Waals surface area contributed by atoms with E-state index in [0.717, 1.165) is 23.5 Å². The van der Waals surface area contributed by atoms with Crippen LogP contribution in [0.25, 0.3) is 0 Å². The average molecular weight is 359 g/mol. The average Bonchev–Trinajstić information content (AvgIpc) is 2.60. The molecule has 3 rings (SSSR count). The zero-order valence-corrected chi connectivity index (χ0v) is 13.9. The van der Waals surface area contributed by atoms with Crippen molar-refractivity contribution in [3.05, 3.63) is 71.7 Å². The number of nitrogens with zero attached hydrogens (tertiary/aromatic N) is 3. The maximum Gasteiger partial charge on any atom is 0.416 e. The van der Waals surface area contributed by atoms with E-state index in [2.05, 4.69) is 25.6 Å². The predicted molar refractivity (Wildman–Crippen MR) is 93.1 cm³/mol. The van der Waals surface area contributed by atoms with Crippen LogP contribution in [0, 0.1) is 6.92 Å². The highest BCUT2D eigenvalue weighted by Gasteiger charge is 2.29. The molecular weight excluding hydrogens is 343 g/mol. The minimum absolute atomic E-state index is 0.299. The number of anilines is 3. The third-order valence-corrected chi connectivity index (χ3v) is 3.50. The Morgan fingerprint density at radius 2 is 1.77 bits per heavy atom. The highest BCUT2D eigenvalue weighted by atomic mass is 19.4. The van der Waals surface area contributed by atoms with Gasteiger partial charge < -0.3 is 10.6 Å². The number of aryl methyl sites for hydroxylation is 1. The second-order valence-corrected chi connectivity index (χ2v) is 5.59. The molecule has 3 aromatic rings. The van der Waals surface area contributed by atoms with Crippen molar-refractivity contribution in [1.82, 2.24) is 15.0 Å². The quantitative estimate of drug-likeness (QED) is 0.699. The SMILES string of the molecule is Cc1cc(NCc2ccccn2)nc(Nc2ccc(C(F)(F)F)cc2)n1. The van der Waals surface area contributed by atoms with Crippen molar-refractivity contribution in [2.24, 2.45) is 0 Å². The summed E-state index contributed by atoms with van der Waals surface area (Å²) >= 11 is 0. The summed E-state index contributed by atoms with van der Waals surface area (Å²) in [6.45, 7) is 2.31. The van der Waals surface area contributed by atoms with Crippen LogP contribution in [0.3, 0.4) is 0 Å². The molecule has 0 amide bonds. The fraction of sp³-hybridized carbons (Fsp3) is 0.167. The maximum absolute atomic E-state index is 12.6. The molecule has 0 aliphatic carbocycles. The van der Waals surface area contributed by atoms with Gasteiger partial charge in [-0.1, -0.05) is 6.07 Å². The van der Waals surface area contributed by atoms with Gasteiger partial charge in [0.2, 0.25) is 5.95 Å². The van der Waals surface area contributed by atoms with Gasteiger partial charge in [-0.15, -0.1) is 0 Å². The Bertz CT molecular complexity index is 864. The van der Waals surface area contributed by atoms with Gasteiger partial charge >= 0.3 is 6.18 Å². The maximum atomic E-state index is 12.6. The van der Waals surface area contributed by atoms with Gasteiger partial charge in [0, 0.05) is 23.6 Å². The number of benzene rings is 1. The lowest BCUT2D eigenvalue weighted by Crippen LogP contribution is -2.07. The molecular formula is C18H16F3N5. The molecule has 0 bridgehead atoms. The predicted octanol–water partition coefficient (Wildman–Crippen LogP) is 4.55. The van der Waals surface area contributed by atoms with Crippen molar-refractivity contribution in [2.75, 3.05) is 10.6 Å². The minimum atomic E-state index is -4.36. The van der Waals surface area contributed by atoms with Crippen LogP contribution in [0.5, 0.6) is 0 Å². The summed E-state index contributed by atoms with van der Waals surface area (Å²) < 4.78 is 37.9. The number of hydrogen-bond acceptors (Lipinski definition) is 5. The number of pyridine rings is 1. The van der Waals surface area contributed by atoms with Crippen molar-refractivity contribution in [1.29, 1.82) is 0 Å². The molecule has 0 atom stereocenters. The van der Waals surface area contributed by atoms with E-state index in [1.165, 1.54) is 12.1 Å². The molecule has 134 valence electrons. The topological polar surface area (TPSA) is 62.7 Å². The summed E-state index contributed by atoms with van der Waals surface area (Å²) in [5.41, 5.74) is 1.35. The second-order valence-electron chi connectivity index (χ2n) is 5.59. The van der Waals surface area contributed by atoms with Gasteiger partial charge in [0.05, 0.1) is 17.8 Å².